The molecule has 1 N–H and O–H groups in total. The van der Waals surface area contributed by atoms with Crippen molar-refractivity contribution < 1.29 is 4.79 Å². The van der Waals surface area contributed by atoms with Crippen molar-refractivity contribution in [2.75, 3.05) is 20.6 Å². The molecule has 5 nitrogen and oxygen atoms in total. The molecule has 2 atom stereocenters. The number of carbonyl (C=O) groups excluding carboxylic acids is 1. The molecule has 0 aromatic carbocycles. The van der Waals surface area contributed by atoms with Crippen LogP contribution >= 0.6 is 0 Å². The maximum Gasteiger partial charge on any atom is 0.244 e. The van der Waals surface area contributed by atoms with Crippen LogP contribution in [-0.4, -0.2) is 41.0 Å². The first-order chi connectivity index (χ1) is 8.11. The number of imidazole rings is 1. The molecule has 1 aromatic rings. The molecular formula is C12H20N4O. The number of rotatable bonds is 3. The second kappa shape index (κ2) is 4.87. The van der Waals surface area contributed by atoms with Gasteiger partial charge in [0, 0.05) is 26.3 Å². The minimum absolute atomic E-state index is 0.0993. The smallest absolute Gasteiger partial charge is 0.244 e. The first-order valence-electron chi connectivity index (χ1n) is 6.07. The van der Waals surface area contributed by atoms with E-state index in [1.165, 1.54) is 6.42 Å². The molecule has 0 aliphatic carbocycles. The van der Waals surface area contributed by atoms with E-state index in [1.807, 2.05) is 17.7 Å². The minimum atomic E-state index is -0.190. The maximum absolute atomic E-state index is 12.0. The number of nitrogens with zero attached hydrogens (tertiary/aromatic N) is 3. The summed E-state index contributed by atoms with van der Waals surface area (Å²) in [5.41, 5.74) is 1.12. The van der Waals surface area contributed by atoms with Gasteiger partial charge in [-0.2, -0.15) is 0 Å². The largest absolute Gasteiger partial charge is 0.347 e. The standard InChI is InChI=1S/C12H20N4O/c1-9(12(17)15(2)3)16-8-13-7-11(16)10-5-4-6-14-10/h7-10,14H,4-6H2,1-3H3/t9?,10-/m0/s1. The Morgan fingerprint density at radius 1 is 1.65 bits per heavy atom. The van der Waals surface area contributed by atoms with Crippen molar-refractivity contribution in [1.29, 1.82) is 0 Å². The quantitative estimate of drug-likeness (QED) is 0.850. The molecule has 1 fully saturated rings. The Morgan fingerprint density at radius 3 is 3.00 bits per heavy atom. The molecule has 0 bridgehead atoms. The molecule has 0 spiro atoms. The van der Waals surface area contributed by atoms with E-state index >= 15 is 0 Å². The molecule has 2 rings (SSSR count). The van der Waals surface area contributed by atoms with Gasteiger partial charge in [-0.05, 0) is 26.3 Å². The van der Waals surface area contributed by atoms with Gasteiger partial charge in [0.05, 0.1) is 12.0 Å². The highest BCUT2D eigenvalue weighted by Crippen LogP contribution is 2.25. The number of nitrogens with one attached hydrogen (secondary N) is 1. The molecule has 0 saturated carbocycles. The molecule has 17 heavy (non-hydrogen) atoms. The second-order valence-electron chi connectivity index (χ2n) is 4.78. The Labute approximate surface area is 102 Å². The summed E-state index contributed by atoms with van der Waals surface area (Å²) in [6, 6.07) is 0.153. The van der Waals surface area contributed by atoms with Gasteiger partial charge in [0.2, 0.25) is 5.91 Å². The summed E-state index contributed by atoms with van der Waals surface area (Å²) in [4.78, 5) is 17.8. The zero-order chi connectivity index (χ0) is 12.4. The van der Waals surface area contributed by atoms with Crippen LogP contribution in [0.5, 0.6) is 0 Å². The number of likely N-dealkylation sites (N-methyl/N-ethyl adjacent to an activating group) is 1. The van der Waals surface area contributed by atoms with E-state index in [0.29, 0.717) is 6.04 Å². The molecule has 1 unspecified atom stereocenters. The van der Waals surface area contributed by atoms with Crippen LogP contribution in [0.4, 0.5) is 0 Å². The Kier molecular flexibility index (Phi) is 3.47. The second-order valence-corrected chi connectivity index (χ2v) is 4.78. The van der Waals surface area contributed by atoms with Gasteiger partial charge in [-0.25, -0.2) is 4.98 Å². The molecule has 1 aliphatic rings. The van der Waals surface area contributed by atoms with Crippen LogP contribution in [0.2, 0.25) is 0 Å². The van der Waals surface area contributed by atoms with Gasteiger partial charge < -0.3 is 14.8 Å². The van der Waals surface area contributed by atoms with Crippen LogP contribution < -0.4 is 5.32 Å². The van der Waals surface area contributed by atoms with Crippen molar-refractivity contribution in [2.24, 2.45) is 0 Å². The number of amides is 1. The van der Waals surface area contributed by atoms with Gasteiger partial charge >= 0.3 is 0 Å². The predicted octanol–water partition coefficient (Wildman–Crippen LogP) is 0.957. The molecule has 2 heterocycles. The molecule has 1 aromatic heterocycles. The monoisotopic (exact) mass is 236 g/mol. The van der Waals surface area contributed by atoms with E-state index in [9.17, 15) is 4.79 Å². The van der Waals surface area contributed by atoms with Crippen LogP contribution in [0.1, 0.15) is 37.5 Å². The van der Waals surface area contributed by atoms with E-state index < -0.39 is 0 Å². The summed E-state index contributed by atoms with van der Waals surface area (Å²) < 4.78 is 1.98. The van der Waals surface area contributed by atoms with Gasteiger partial charge in [-0.15, -0.1) is 0 Å². The van der Waals surface area contributed by atoms with Gasteiger partial charge in [-0.1, -0.05) is 0 Å². The summed E-state index contributed by atoms with van der Waals surface area (Å²) in [5, 5.41) is 3.44. The Morgan fingerprint density at radius 2 is 2.41 bits per heavy atom. The number of hydrogen-bond donors (Lipinski definition) is 1. The van der Waals surface area contributed by atoms with Crippen molar-refractivity contribution in [2.45, 2.75) is 31.8 Å². The van der Waals surface area contributed by atoms with E-state index in [2.05, 4.69) is 10.3 Å². The lowest BCUT2D eigenvalue weighted by Gasteiger charge is -2.22. The van der Waals surface area contributed by atoms with Gasteiger partial charge in [-0.3, -0.25) is 4.79 Å². The summed E-state index contributed by atoms with van der Waals surface area (Å²) in [5.74, 6) is 0.0993. The molecule has 1 amide bonds. The zero-order valence-electron chi connectivity index (χ0n) is 10.7. The van der Waals surface area contributed by atoms with Crippen LogP contribution in [0.15, 0.2) is 12.5 Å². The zero-order valence-corrected chi connectivity index (χ0v) is 10.7. The molecular weight excluding hydrogens is 216 g/mol. The first kappa shape index (κ1) is 12.1. The third-order valence-corrected chi connectivity index (χ3v) is 3.33. The van der Waals surface area contributed by atoms with E-state index in [-0.39, 0.29) is 11.9 Å². The molecule has 0 radical (unpaired) electrons. The van der Waals surface area contributed by atoms with Crippen LogP contribution in [0.3, 0.4) is 0 Å². The average Bonchev–Trinajstić information content (AvgIpc) is 2.96. The highest BCUT2D eigenvalue weighted by atomic mass is 16.2. The maximum atomic E-state index is 12.0. The van der Waals surface area contributed by atoms with Crippen molar-refractivity contribution >= 4 is 5.91 Å². The summed E-state index contributed by atoms with van der Waals surface area (Å²) in [6.07, 6.45) is 5.92. The first-order valence-corrected chi connectivity index (χ1v) is 6.07. The average molecular weight is 236 g/mol. The fraction of sp³-hybridized carbons (Fsp3) is 0.667. The van der Waals surface area contributed by atoms with Gasteiger partial charge in [0.1, 0.15) is 6.04 Å². The van der Waals surface area contributed by atoms with Crippen LogP contribution in [0, 0.1) is 0 Å². The molecule has 1 aliphatic heterocycles. The third kappa shape index (κ3) is 2.34. The van der Waals surface area contributed by atoms with Crippen molar-refractivity contribution in [3.63, 3.8) is 0 Å². The van der Waals surface area contributed by atoms with E-state index in [0.717, 1.165) is 18.7 Å². The topological polar surface area (TPSA) is 50.2 Å². The highest BCUT2D eigenvalue weighted by Gasteiger charge is 2.24. The Bertz CT molecular complexity index is 393. The summed E-state index contributed by atoms with van der Waals surface area (Å²) in [6.45, 7) is 2.97. The fourth-order valence-corrected chi connectivity index (χ4v) is 2.34. The number of aromatic nitrogens is 2. The van der Waals surface area contributed by atoms with Crippen molar-refractivity contribution in [3.8, 4) is 0 Å². The molecule has 1 saturated heterocycles. The normalized spacial score (nSPS) is 21.5. The number of hydrogen-bond acceptors (Lipinski definition) is 3. The van der Waals surface area contributed by atoms with E-state index in [4.69, 9.17) is 0 Å². The predicted molar refractivity (Wildman–Crippen MR) is 65.6 cm³/mol. The van der Waals surface area contributed by atoms with E-state index in [1.54, 1.807) is 25.3 Å². The lowest BCUT2D eigenvalue weighted by Crippen LogP contribution is -2.31. The minimum Gasteiger partial charge on any atom is -0.347 e. The fourth-order valence-electron chi connectivity index (χ4n) is 2.34. The van der Waals surface area contributed by atoms with Crippen molar-refractivity contribution in [1.82, 2.24) is 19.8 Å². The molecule has 5 heteroatoms. The SMILES string of the molecule is CC(C(=O)N(C)C)n1cncc1[C@@H]1CCCN1. The third-order valence-electron chi connectivity index (χ3n) is 3.33. The lowest BCUT2D eigenvalue weighted by atomic mass is 10.1. The Balaban J connectivity index is 2.20. The molecule has 94 valence electrons. The summed E-state index contributed by atoms with van der Waals surface area (Å²) >= 11 is 0. The lowest BCUT2D eigenvalue weighted by molar-refractivity contribution is -0.131. The summed E-state index contributed by atoms with van der Waals surface area (Å²) in [7, 11) is 3.56. The van der Waals surface area contributed by atoms with Crippen LogP contribution in [0.25, 0.3) is 0 Å². The van der Waals surface area contributed by atoms with Crippen molar-refractivity contribution in [3.05, 3.63) is 18.2 Å². The van der Waals surface area contributed by atoms with Crippen LogP contribution in [-0.2, 0) is 4.79 Å². The highest BCUT2D eigenvalue weighted by molar-refractivity contribution is 5.79. The Hall–Kier alpha value is -1.36. The number of carbonyl (C=O) groups is 1. The van der Waals surface area contributed by atoms with Gasteiger partial charge in [0.25, 0.3) is 0 Å². The van der Waals surface area contributed by atoms with Gasteiger partial charge in [0.15, 0.2) is 0 Å².